The van der Waals surface area contributed by atoms with Crippen LogP contribution in [0.25, 0.3) is 0 Å². The molecule has 1 saturated heterocycles. The third-order valence-electron chi connectivity index (χ3n) is 3.70. The Morgan fingerprint density at radius 3 is 2.71 bits per heavy atom. The molecule has 0 bridgehead atoms. The highest BCUT2D eigenvalue weighted by Gasteiger charge is 2.25. The van der Waals surface area contributed by atoms with Gasteiger partial charge in [0.25, 0.3) is 0 Å². The molecule has 3 nitrogen and oxygen atoms in total. The van der Waals surface area contributed by atoms with E-state index in [0.29, 0.717) is 23.1 Å². The molecule has 1 heterocycles. The van der Waals surface area contributed by atoms with E-state index in [1.54, 1.807) is 6.07 Å². The van der Waals surface area contributed by atoms with E-state index in [1.165, 1.54) is 0 Å². The first-order chi connectivity index (χ1) is 9.61. The summed E-state index contributed by atoms with van der Waals surface area (Å²) >= 11 is 11.9. The van der Waals surface area contributed by atoms with Gasteiger partial charge in [-0.2, -0.15) is 0 Å². The molecule has 118 valence electrons. The zero-order chi connectivity index (χ0) is 14.5. The third kappa shape index (κ3) is 5.03. The summed E-state index contributed by atoms with van der Waals surface area (Å²) in [5.41, 5.74) is 1.01. The van der Waals surface area contributed by atoms with Crippen molar-refractivity contribution in [3.8, 4) is 0 Å². The predicted molar refractivity (Wildman–Crippen MR) is 90.4 cm³/mol. The predicted octanol–water partition coefficient (Wildman–Crippen LogP) is 3.76. The van der Waals surface area contributed by atoms with E-state index in [2.05, 4.69) is 5.32 Å². The second kappa shape index (κ2) is 8.84. The number of carbonyl (C=O) groups excluding carboxylic acids is 1. The molecule has 2 rings (SSSR count). The van der Waals surface area contributed by atoms with Gasteiger partial charge in [0.1, 0.15) is 0 Å². The molecule has 1 N–H and O–H groups in total. The normalized spacial score (nSPS) is 18.0. The van der Waals surface area contributed by atoms with E-state index in [-0.39, 0.29) is 24.2 Å². The highest BCUT2D eigenvalue weighted by atomic mass is 35.5. The van der Waals surface area contributed by atoms with E-state index in [9.17, 15) is 4.79 Å². The van der Waals surface area contributed by atoms with Gasteiger partial charge in [0.2, 0.25) is 5.91 Å². The van der Waals surface area contributed by atoms with Crippen molar-refractivity contribution in [1.82, 2.24) is 10.2 Å². The van der Waals surface area contributed by atoms with Gasteiger partial charge >= 0.3 is 0 Å². The van der Waals surface area contributed by atoms with Crippen LogP contribution in [-0.4, -0.2) is 30.4 Å². The first-order valence-corrected chi connectivity index (χ1v) is 7.81. The number of carbonyl (C=O) groups is 1. The van der Waals surface area contributed by atoms with Crippen molar-refractivity contribution in [3.63, 3.8) is 0 Å². The van der Waals surface area contributed by atoms with Gasteiger partial charge in [-0.15, -0.1) is 12.4 Å². The Morgan fingerprint density at radius 2 is 2.14 bits per heavy atom. The molecule has 1 amide bonds. The maximum atomic E-state index is 12.5. The van der Waals surface area contributed by atoms with Gasteiger partial charge < -0.3 is 10.2 Å². The number of piperidine rings is 1. The lowest BCUT2D eigenvalue weighted by Crippen LogP contribution is -2.42. The summed E-state index contributed by atoms with van der Waals surface area (Å²) in [4.78, 5) is 14.4. The monoisotopic (exact) mass is 350 g/mol. The van der Waals surface area contributed by atoms with Crippen molar-refractivity contribution < 1.29 is 4.79 Å². The first kappa shape index (κ1) is 18.6. The second-order valence-corrected chi connectivity index (χ2v) is 5.96. The Morgan fingerprint density at radius 1 is 1.38 bits per heavy atom. The smallest absolute Gasteiger partial charge is 0.227 e. The number of amides is 1. The molecular formula is C15H21Cl3N2O. The topological polar surface area (TPSA) is 32.3 Å². The molecule has 0 radical (unpaired) electrons. The van der Waals surface area contributed by atoms with Crippen LogP contribution in [-0.2, 0) is 11.3 Å². The summed E-state index contributed by atoms with van der Waals surface area (Å²) in [5, 5.41) is 4.37. The fraction of sp³-hybridized carbons (Fsp3) is 0.533. The maximum Gasteiger partial charge on any atom is 0.227 e. The Hall–Kier alpha value is -0.480. The average Bonchev–Trinajstić information content (AvgIpc) is 2.48. The Bertz CT molecular complexity index is 476. The second-order valence-electron chi connectivity index (χ2n) is 5.14. The van der Waals surface area contributed by atoms with Crippen LogP contribution in [0.5, 0.6) is 0 Å². The van der Waals surface area contributed by atoms with Crippen LogP contribution < -0.4 is 5.32 Å². The van der Waals surface area contributed by atoms with E-state index < -0.39 is 0 Å². The van der Waals surface area contributed by atoms with Crippen LogP contribution in [0.3, 0.4) is 0 Å². The summed E-state index contributed by atoms with van der Waals surface area (Å²) in [5.74, 6) is 0.331. The minimum absolute atomic E-state index is 0. The largest absolute Gasteiger partial charge is 0.338 e. The van der Waals surface area contributed by atoms with Crippen molar-refractivity contribution in [2.24, 2.45) is 5.92 Å². The molecular weight excluding hydrogens is 331 g/mol. The first-order valence-electron chi connectivity index (χ1n) is 7.05. The van der Waals surface area contributed by atoms with Gasteiger partial charge in [0, 0.05) is 19.6 Å². The van der Waals surface area contributed by atoms with Crippen LogP contribution in [0.15, 0.2) is 18.2 Å². The Kier molecular flexibility index (Phi) is 7.82. The van der Waals surface area contributed by atoms with Gasteiger partial charge in [0.05, 0.1) is 16.0 Å². The summed E-state index contributed by atoms with van der Waals surface area (Å²) in [6.07, 6.45) is 2.05. The number of hydrogen-bond donors (Lipinski definition) is 1. The van der Waals surface area contributed by atoms with Crippen molar-refractivity contribution in [2.75, 3.05) is 19.6 Å². The van der Waals surface area contributed by atoms with Gasteiger partial charge in [0.15, 0.2) is 0 Å². The standard InChI is InChI=1S/C15H20Cl2N2O.ClH/c1-2-19(15(20)12-4-3-7-18-9-12)10-11-5-6-13(16)14(17)8-11;/h5-6,8,12,18H,2-4,7,9-10H2,1H3;1H. The number of nitrogens with one attached hydrogen (secondary N) is 1. The number of rotatable bonds is 4. The van der Waals surface area contributed by atoms with Crippen LogP contribution in [0.4, 0.5) is 0 Å². The van der Waals surface area contributed by atoms with Crippen molar-refractivity contribution in [1.29, 1.82) is 0 Å². The molecule has 1 fully saturated rings. The lowest BCUT2D eigenvalue weighted by Gasteiger charge is -2.29. The molecule has 1 unspecified atom stereocenters. The molecule has 1 aromatic carbocycles. The maximum absolute atomic E-state index is 12.5. The molecule has 21 heavy (non-hydrogen) atoms. The van der Waals surface area contributed by atoms with E-state index in [4.69, 9.17) is 23.2 Å². The fourth-order valence-electron chi connectivity index (χ4n) is 2.52. The SMILES string of the molecule is CCN(Cc1ccc(Cl)c(Cl)c1)C(=O)C1CCCNC1.Cl. The van der Waals surface area contributed by atoms with Crippen molar-refractivity contribution in [2.45, 2.75) is 26.3 Å². The van der Waals surface area contributed by atoms with E-state index >= 15 is 0 Å². The highest BCUT2D eigenvalue weighted by Crippen LogP contribution is 2.24. The van der Waals surface area contributed by atoms with Crippen molar-refractivity contribution >= 4 is 41.5 Å². The van der Waals surface area contributed by atoms with Crippen LogP contribution >= 0.6 is 35.6 Å². The van der Waals surface area contributed by atoms with Gasteiger partial charge in [-0.25, -0.2) is 0 Å². The number of nitrogens with zero attached hydrogens (tertiary/aromatic N) is 1. The molecule has 6 heteroatoms. The number of hydrogen-bond acceptors (Lipinski definition) is 2. The van der Waals surface area contributed by atoms with Gasteiger partial charge in [-0.05, 0) is 44.0 Å². The molecule has 1 aliphatic rings. The average molecular weight is 352 g/mol. The zero-order valence-electron chi connectivity index (χ0n) is 12.1. The van der Waals surface area contributed by atoms with Crippen molar-refractivity contribution in [3.05, 3.63) is 33.8 Å². The molecule has 0 saturated carbocycles. The fourth-order valence-corrected chi connectivity index (χ4v) is 2.85. The zero-order valence-corrected chi connectivity index (χ0v) is 14.4. The van der Waals surface area contributed by atoms with Crippen LogP contribution in [0, 0.1) is 5.92 Å². The molecule has 0 aliphatic carbocycles. The molecule has 1 aromatic rings. The minimum Gasteiger partial charge on any atom is -0.338 e. The van der Waals surface area contributed by atoms with Crippen LogP contribution in [0.2, 0.25) is 10.0 Å². The minimum atomic E-state index is 0. The summed E-state index contributed by atoms with van der Waals surface area (Å²) in [6, 6.07) is 5.53. The lowest BCUT2D eigenvalue weighted by atomic mass is 9.98. The quantitative estimate of drug-likeness (QED) is 0.895. The van der Waals surface area contributed by atoms with Crippen LogP contribution in [0.1, 0.15) is 25.3 Å². The van der Waals surface area contributed by atoms with E-state index in [1.807, 2.05) is 24.0 Å². The molecule has 1 aliphatic heterocycles. The van der Waals surface area contributed by atoms with Gasteiger partial charge in [-0.3, -0.25) is 4.79 Å². The Labute approximate surface area is 142 Å². The number of halogens is 3. The van der Waals surface area contributed by atoms with E-state index in [0.717, 1.165) is 31.5 Å². The third-order valence-corrected chi connectivity index (χ3v) is 4.44. The Balaban J connectivity index is 0.00000220. The lowest BCUT2D eigenvalue weighted by molar-refractivity contribution is -0.136. The number of benzene rings is 1. The molecule has 1 atom stereocenters. The summed E-state index contributed by atoms with van der Waals surface area (Å²) < 4.78 is 0. The molecule has 0 spiro atoms. The summed E-state index contributed by atoms with van der Waals surface area (Å²) in [7, 11) is 0. The van der Waals surface area contributed by atoms with Gasteiger partial charge in [-0.1, -0.05) is 29.3 Å². The molecule has 0 aromatic heterocycles. The summed E-state index contributed by atoms with van der Waals surface area (Å²) in [6.45, 7) is 5.10. The highest BCUT2D eigenvalue weighted by molar-refractivity contribution is 6.42.